The van der Waals surface area contributed by atoms with E-state index in [1.807, 2.05) is 19.1 Å². The molecule has 20 heavy (non-hydrogen) atoms. The third-order valence-corrected chi connectivity index (χ3v) is 3.07. The Balaban J connectivity index is 2.18. The van der Waals surface area contributed by atoms with Crippen LogP contribution in [0.4, 0.5) is 4.39 Å². The molecule has 0 saturated heterocycles. The maximum atomic E-state index is 13.7. The van der Waals surface area contributed by atoms with E-state index in [1.165, 1.54) is 19.5 Å². The van der Waals surface area contributed by atoms with Crippen LogP contribution in [0.15, 0.2) is 36.8 Å². The first-order valence-electron chi connectivity index (χ1n) is 6.56. The van der Waals surface area contributed by atoms with Gasteiger partial charge < -0.3 is 10.1 Å². The van der Waals surface area contributed by atoms with Gasteiger partial charge in [0.15, 0.2) is 11.6 Å². The molecule has 0 spiro atoms. The molecule has 0 bridgehead atoms. The topological polar surface area (TPSA) is 47.0 Å². The minimum atomic E-state index is -0.345. The zero-order valence-electron chi connectivity index (χ0n) is 11.6. The zero-order valence-corrected chi connectivity index (χ0v) is 11.6. The maximum absolute atomic E-state index is 13.7. The van der Waals surface area contributed by atoms with Crippen molar-refractivity contribution in [3.8, 4) is 5.75 Å². The third kappa shape index (κ3) is 3.51. The number of nitrogens with zero attached hydrogens (tertiary/aromatic N) is 2. The summed E-state index contributed by atoms with van der Waals surface area (Å²) >= 11 is 0. The van der Waals surface area contributed by atoms with E-state index in [2.05, 4.69) is 15.3 Å². The van der Waals surface area contributed by atoms with E-state index in [-0.39, 0.29) is 17.6 Å². The Morgan fingerprint density at radius 3 is 2.80 bits per heavy atom. The first-order chi connectivity index (χ1) is 9.74. The summed E-state index contributed by atoms with van der Waals surface area (Å²) in [6, 6.07) is 6.93. The van der Waals surface area contributed by atoms with Crippen molar-refractivity contribution in [3.63, 3.8) is 0 Å². The van der Waals surface area contributed by atoms with Crippen molar-refractivity contribution in [2.45, 2.75) is 19.4 Å². The van der Waals surface area contributed by atoms with Crippen molar-refractivity contribution in [2.24, 2.45) is 0 Å². The standard InChI is InChI=1S/C15H18FN3O/c1-3-18-14(13-6-7-17-10-19-13)9-11-4-5-15(20-2)12(16)8-11/h4-8,10,14,18H,3,9H2,1-2H3. The fraction of sp³-hybridized carbons (Fsp3) is 0.333. The predicted molar refractivity (Wildman–Crippen MR) is 75.1 cm³/mol. The first-order valence-corrected chi connectivity index (χ1v) is 6.56. The highest BCUT2D eigenvalue weighted by Crippen LogP contribution is 2.21. The summed E-state index contributed by atoms with van der Waals surface area (Å²) in [6.07, 6.45) is 3.89. The number of likely N-dealkylation sites (N-methyl/N-ethyl adjacent to an activating group) is 1. The van der Waals surface area contributed by atoms with Gasteiger partial charge in [0.25, 0.3) is 0 Å². The van der Waals surface area contributed by atoms with Crippen molar-refractivity contribution in [1.82, 2.24) is 15.3 Å². The Morgan fingerprint density at radius 2 is 2.20 bits per heavy atom. The van der Waals surface area contributed by atoms with Gasteiger partial charge in [-0.25, -0.2) is 14.4 Å². The average molecular weight is 275 g/mol. The molecule has 0 aliphatic carbocycles. The molecule has 4 nitrogen and oxygen atoms in total. The number of methoxy groups -OCH3 is 1. The monoisotopic (exact) mass is 275 g/mol. The molecule has 1 aromatic heterocycles. The molecule has 1 heterocycles. The van der Waals surface area contributed by atoms with Crippen LogP contribution in [0, 0.1) is 5.82 Å². The van der Waals surface area contributed by atoms with E-state index in [9.17, 15) is 4.39 Å². The average Bonchev–Trinajstić information content (AvgIpc) is 2.48. The summed E-state index contributed by atoms with van der Waals surface area (Å²) in [5.41, 5.74) is 1.80. The van der Waals surface area contributed by atoms with Gasteiger partial charge in [0.2, 0.25) is 0 Å². The molecule has 0 saturated carbocycles. The lowest BCUT2D eigenvalue weighted by atomic mass is 10.0. The number of nitrogens with one attached hydrogen (secondary N) is 1. The molecule has 2 aromatic rings. The van der Waals surface area contributed by atoms with Crippen LogP contribution in [0.5, 0.6) is 5.75 Å². The van der Waals surface area contributed by atoms with Crippen LogP contribution in [-0.2, 0) is 6.42 Å². The van der Waals surface area contributed by atoms with Gasteiger partial charge in [-0.05, 0) is 36.7 Å². The molecule has 0 radical (unpaired) electrons. The van der Waals surface area contributed by atoms with E-state index in [0.717, 1.165) is 17.8 Å². The Morgan fingerprint density at radius 1 is 1.35 bits per heavy atom. The van der Waals surface area contributed by atoms with Crippen molar-refractivity contribution in [3.05, 3.63) is 53.9 Å². The normalized spacial score (nSPS) is 12.2. The van der Waals surface area contributed by atoms with Gasteiger partial charge in [-0.3, -0.25) is 0 Å². The summed E-state index contributed by atoms with van der Waals surface area (Å²) in [6.45, 7) is 2.84. The molecule has 0 aliphatic heterocycles. The van der Waals surface area contributed by atoms with E-state index < -0.39 is 0 Å². The van der Waals surface area contributed by atoms with E-state index in [4.69, 9.17) is 4.74 Å². The van der Waals surface area contributed by atoms with Crippen LogP contribution in [0.1, 0.15) is 24.2 Å². The van der Waals surface area contributed by atoms with E-state index in [1.54, 1.807) is 12.3 Å². The Labute approximate surface area is 118 Å². The van der Waals surface area contributed by atoms with Crippen LogP contribution in [-0.4, -0.2) is 23.6 Å². The molecule has 106 valence electrons. The van der Waals surface area contributed by atoms with Crippen LogP contribution in [0.2, 0.25) is 0 Å². The van der Waals surface area contributed by atoms with Crippen molar-refractivity contribution in [1.29, 1.82) is 0 Å². The fourth-order valence-corrected chi connectivity index (χ4v) is 2.11. The summed E-state index contributed by atoms with van der Waals surface area (Å²) in [7, 11) is 1.46. The zero-order chi connectivity index (χ0) is 14.4. The summed E-state index contributed by atoms with van der Waals surface area (Å²) in [5.74, 6) is -0.0845. The number of halogens is 1. The molecule has 1 aromatic carbocycles. The Hall–Kier alpha value is -2.01. The lowest BCUT2D eigenvalue weighted by molar-refractivity contribution is 0.386. The molecule has 1 atom stereocenters. The minimum Gasteiger partial charge on any atom is -0.494 e. The van der Waals surface area contributed by atoms with Crippen molar-refractivity contribution >= 4 is 0 Å². The van der Waals surface area contributed by atoms with Gasteiger partial charge in [-0.2, -0.15) is 0 Å². The lowest BCUT2D eigenvalue weighted by Crippen LogP contribution is -2.24. The van der Waals surface area contributed by atoms with Gasteiger partial charge in [-0.1, -0.05) is 13.0 Å². The Kier molecular flexibility index (Phi) is 5.01. The fourth-order valence-electron chi connectivity index (χ4n) is 2.11. The molecule has 0 aliphatic rings. The quantitative estimate of drug-likeness (QED) is 0.880. The van der Waals surface area contributed by atoms with Crippen LogP contribution in [0.3, 0.4) is 0 Å². The SMILES string of the molecule is CCNC(Cc1ccc(OC)c(F)c1)c1ccncn1. The smallest absolute Gasteiger partial charge is 0.165 e. The van der Waals surface area contributed by atoms with Crippen LogP contribution in [0.25, 0.3) is 0 Å². The number of ether oxygens (including phenoxy) is 1. The molecule has 0 fully saturated rings. The van der Waals surface area contributed by atoms with Gasteiger partial charge in [0, 0.05) is 6.20 Å². The number of aromatic nitrogens is 2. The lowest BCUT2D eigenvalue weighted by Gasteiger charge is -2.17. The second-order valence-corrected chi connectivity index (χ2v) is 4.42. The predicted octanol–water partition coefficient (Wildman–Crippen LogP) is 2.52. The molecule has 2 rings (SSSR count). The number of benzene rings is 1. The van der Waals surface area contributed by atoms with Gasteiger partial charge in [-0.15, -0.1) is 0 Å². The second kappa shape index (κ2) is 6.96. The van der Waals surface area contributed by atoms with Crippen molar-refractivity contribution < 1.29 is 9.13 Å². The number of hydrogen-bond acceptors (Lipinski definition) is 4. The summed E-state index contributed by atoms with van der Waals surface area (Å²) in [4.78, 5) is 8.17. The van der Waals surface area contributed by atoms with Crippen molar-refractivity contribution in [2.75, 3.05) is 13.7 Å². The second-order valence-electron chi connectivity index (χ2n) is 4.42. The summed E-state index contributed by atoms with van der Waals surface area (Å²) in [5, 5.41) is 3.35. The molecular weight excluding hydrogens is 257 g/mol. The molecule has 0 amide bonds. The van der Waals surface area contributed by atoms with E-state index in [0.29, 0.717) is 6.42 Å². The number of rotatable bonds is 6. The highest BCUT2D eigenvalue weighted by molar-refractivity contribution is 5.30. The molecule has 5 heteroatoms. The first kappa shape index (κ1) is 14.4. The molecule has 1 unspecified atom stereocenters. The third-order valence-electron chi connectivity index (χ3n) is 3.07. The Bertz CT molecular complexity index is 548. The van der Waals surface area contributed by atoms with Gasteiger partial charge in [0.1, 0.15) is 6.33 Å². The molecule has 1 N–H and O–H groups in total. The van der Waals surface area contributed by atoms with Gasteiger partial charge in [0.05, 0.1) is 18.8 Å². The highest BCUT2D eigenvalue weighted by atomic mass is 19.1. The molecular formula is C15H18FN3O. The van der Waals surface area contributed by atoms with E-state index >= 15 is 0 Å². The summed E-state index contributed by atoms with van der Waals surface area (Å²) < 4.78 is 18.6. The van der Waals surface area contributed by atoms with Gasteiger partial charge >= 0.3 is 0 Å². The maximum Gasteiger partial charge on any atom is 0.165 e. The minimum absolute atomic E-state index is 0.0378. The highest BCUT2D eigenvalue weighted by Gasteiger charge is 2.13. The van der Waals surface area contributed by atoms with Crippen LogP contribution < -0.4 is 10.1 Å². The number of hydrogen-bond donors (Lipinski definition) is 1. The van der Waals surface area contributed by atoms with Crippen LogP contribution >= 0.6 is 0 Å². The largest absolute Gasteiger partial charge is 0.494 e.